The third kappa shape index (κ3) is 6.48. The quantitative estimate of drug-likeness (QED) is 0.211. The molecular formula is C48H66N2O5. The molecule has 0 aromatic heterocycles. The Morgan fingerprint density at radius 1 is 0.818 bits per heavy atom. The van der Waals surface area contributed by atoms with Crippen molar-refractivity contribution in [2.24, 2.45) is 62.6 Å². The predicted molar refractivity (Wildman–Crippen MR) is 218 cm³/mol. The Kier molecular flexibility index (Phi) is 10.5. The van der Waals surface area contributed by atoms with Crippen molar-refractivity contribution in [3.8, 4) is 0 Å². The number of fused-ring (bicyclic) bond motifs is 7. The van der Waals surface area contributed by atoms with Crippen LogP contribution in [0, 0.1) is 62.6 Å². The van der Waals surface area contributed by atoms with E-state index in [9.17, 15) is 24.6 Å². The first-order chi connectivity index (χ1) is 26.0. The monoisotopic (exact) mass is 750 g/mol. The molecule has 7 rings (SSSR count). The number of carboxylic acids is 2. The van der Waals surface area contributed by atoms with E-state index in [2.05, 4.69) is 59.9 Å². The topological polar surface area (TPSA) is 107 Å². The second-order valence-electron chi connectivity index (χ2n) is 20.1. The number of allylic oxidation sites excluding steroid dienone is 2. The number of hydrogen-bond acceptors (Lipinski definition) is 4. The number of rotatable bonds is 11. The fraction of sp³-hybridized carbons (Fsp3) is 0.646. The lowest BCUT2D eigenvalue weighted by Gasteiger charge is -2.72. The van der Waals surface area contributed by atoms with E-state index >= 15 is 0 Å². The van der Waals surface area contributed by atoms with Crippen LogP contribution in [-0.2, 0) is 16.1 Å². The van der Waals surface area contributed by atoms with Gasteiger partial charge in [0.2, 0.25) is 5.91 Å². The third-order valence-electron chi connectivity index (χ3n) is 17.1. The van der Waals surface area contributed by atoms with Crippen LogP contribution in [0.3, 0.4) is 0 Å². The number of nitrogens with zero attached hydrogens (tertiary/aromatic N) is 1. The van der Waals surface area contributed by atoms with Crippen LogP contribution in [0.5, 0.6) is 0 Å². The van der Waals surface area contributed by atoms with Gasteiger partial charge in [-0.2, -0.15) is 0 Å². The molecule has 298 valence electrons. The van der Waals surface area contributed by atoms with Crippen molar-refractivity contribution >= 4 is 23.4 Å². The number of carboxylic acid groups (broad SMARTS) is 2. The Morgan fingerprint density at radius 3 is 2.18 bits per heavy atom. The molecule has 0 unspecified atom stereocenters. The largest absolute Gasteiger partial charge is 0.480 e. The van der Waals surface area contributed by atoms with Crippen LogP contribution >= 0.6 is 0 Å². The Labute approximate surface area is 329 Å². The lowest BCUT2D eigenvalue weighted by atomic mass is 9.32. The van der Waals surface area contributed by atoms with E-state index in [1.54, 1.807) is 12.1 Å². The average molecular weight is 751 g/mol. The fourth-order valence-electron chi connectivity index (χ4n) is 14.4. The lowest BCUT2D eigenvalue weighted by molar-refractivity contribution is -0.227. The lowest BCUT2D eigenvalue weighted by Crippen LogP contribution is -2.66. The molecule has 2 aromatic rings. The van der Waals surface area contributed by atoms with Crippen molar-refractivity contribution in [1.82, 2.24) is 10.2 Å². The van der Waals surface area contributed by atoms with Crippen molar-refractivity contribution in [3.63, 3.8) is 0 Å². The van der Waals surface area contributed by atoms with Crippen LogP contribution in [0.15, 0.2) is 60.7 Å². The summed E-state index contributed by atoms with van der Waals surface area (Å²) in [5, 5.41) is 22.6. The molecule has 2 aromatic carbocycles. The number of carbonyl (C=O) groups excluding carboxylic acids is 1. The number of carbonyl (C=O) groups is 3. The van der Waals surface area contributed by atoms with Crippen LogP contribution in [-0.4, -0.2) is 52.6 Å². The van der Waals surface area contributed by atoms with Crippen molar-refractivity contribution in [3.05, 3.63) is 77.4 Å². The van der Waals surface area contributed by atoms with Gasteiger partial charge in [-0.1, -0.05) is 97.0 Å². The van der Waals surface area contributed by atoms with Gasteiger partial charge in [-0.25, -0.2) is 4.79 Å². The van der Waals surface area contributed by atoms with Crippen LogP contribution < -0.4 is 5.32 Å². The highest BCUT2D eigenvalue weighted by molar-refractivity contribution is 5.88. The Bertz CT molecular complexity index is 1800. The summed E-state index contributed by atoms with van der Waals surface area (Å²) >= 11 is 0. The Balaban J connectivity index is 1.13. The number of amides is 1. The summed E-state index contributed by atoms with van der Waals surface area (Å²) < 4.78 is 0. The van der Waals surface area contributed by atoms with Gasteiger partial charge >= 0.3 is 11.9 Å². The summed E-state index contributed by atoms with van der Waals surface area (Å²) in [6.07, 6.45) is 12.4. The van der Waals surface area contributed by atoms with E-state index in [4.69, 9.17) is 0 Å². The second-order valence-corrected chi connectivity index (χ2v) is 20.1. The van der Waals surface area contributed by atoms with Gasteiger partial charge in [0.25, 0.3) is 0 Å². The maximum atomic E-state index is 14.7. The number of aliphatic carboxylic acids is 1. The maximum Gasteiger partial charge on any atom is 0.335 e. The molecule has 7 nitrogen and oxygen atoms in total. The minimum Gasteiger partial charge on any atom is -0.480 e. The van der Waals surface area contributed by atoms with Crippen LogP contribution in [0.2, 0.25) is 0 Å². The first kappa shape index (κ1) is 39.8. The first-order valence-corrected chi connectivity index (χ1v) is 21.3. The zero-order chi connectivity index (χ0) is 39.6. The summed E-state index contributed by atoms with van der Waals surface area (Å²) in [7, 11) is 0. The van der Waals surface area contributed by atoms with Crippen molar-refractivity contribution < 1.29 is 24.6 Å². The molecule has 0 spiro atoms. The fourth-order valence-corrected chi connectivity index (χ4v) is 14.4. The second kappa shape index (κ2) is 14.5. The van der Waals surface area contributed by atoms with Gasteiger partial charge in [-0.05, 0) is 144 Å². The molecule has 0 aliphatic heterocycles. The van der Waals surface area contributed by atoms with Gasteiger partial charge < -0.3 is 15.5 Å². The maximum absolute atomic E-state index is 14.7. The van der Waals surface area contributed by atoms with Crippen molar-refractivity contribution in [2.75, 3.05) is 19.6 Å². The molecule has 0 radical (unpaired) electrons. The molecular weight excluding hydrogens is 685 g/mol. The zero-order valence-corrected chi connectivity index (χ0v) is 34.5. The molecule has 4 saturated carbocycles. The summed E-state index contributed by atoms with van der Waals surface area (Å²) in [6.45, 7) is 19.0. The van der Waals surface area contributed by atoms with Gasteiger partial charge in [0.05, 0.1) is 17.5 Å². The number of aromatic carboxylic acids is 1. The molecule has 55 heavy (non-hydrogen) atoms. The first-order valence-electron chi connectivity index (χ1n) is 21.3. The van der Waals surface area contributed by atoms with Gasteiger partial charge in [-0.15, -0.1) is 0 Å². The molecule has 7 heteroatoms. The molecule has 0 bridgehead atoms. The molecule has 0 heterocycles. The van der Waals surface area contributed by atoms with Crippen molar-refractivity contribution in [1.29, 1.82) is 0 Å². The molecule has 1 amide bonds. The highest BCUT2D eigenvalue weighted by Crippen LogP contribution is 2.77. The molecule has 9 atom stereocenters. The normalized spacial score (nSPS) is 36.2. The van der Waals surface area contributed by atoms with E-state index in [1.807, 2.05) is 47.4 Å². The summed E-state index contributed by atoms with van der Waals surface area (Å²) in [4.78, 5) is 40.0. The predicted octanol–water partition coefficient (Wildman–Crippen LogP) is 9.82. The highest BCUT2D eigenvalue weighted by Gasteiger charge is 2.71. The number of benzene rings is 2. The van der Waals surface area contributed by atoms with E-state index in [1.165, 1.54) is 31.3 Å². The van der Waals surface area contributed by atoms with Gasteiger partial charge in [-0.3, -0.25) is 14.5 Å². The summed E-state index contributed by atoms with van der Waals surface area (Å²) in [5.41, 5.74) is 4.00. The van der Waals surface area contributed by atoms with E-state index < -0.39 is 11.9 Å². The average Bonchev–Trinajstić information content (AvgIpc) is 3.53. The smallest absolute Gasteiger partial charge is 0.335 e. The molecule has 5 aliphatic rings. The SMILES string of the molecule is CC(C)[C@@H]1CC[C@]2(C(=O)NCCN(CC(=O)O)Cc3ccccc3)CC[C@]3(C)[C@H](CC[C@@H]4[C@@]5(C)CC=C(c6ccc(C(=O)O)cc6)C(C)(C)[C@@H]5CC[C@]43C)[C@@H]12. The number of nitrogens with one attached hydrogen (secondary N) is 1. The van der Waals surface area contributed by atoms with Crippen molar-refractivity contribution in [2.45, 2.75) is 113 Å². The van der Waals surface area contributed by atoms with Gasteiger partial charge in [0, 0.05) is 19.6 Å². The summed E-state index contributed by atoms with van der Waals surface area (Å²) in [5.74, 6) is 1.50. The van der Waals surface area contributed by atoms with Crippen LogP contribution in [0.25, 0.3) is 5.57 Å². The molecule has 4 fully saturated rings. The summed E-state index contributed by atoms with van der Waals surface area (Å²) in [6, 6.07) is 17.5. The van der Waals surface area contributed by atoms with Crippen LogP contribution in [0.4, 0.5) is 0 Å². The van der Waals surface area contributed by atoms with E-state index in [0.29, 0.717) is 60.7 Å². The molecule has 0 saturated heterocycles. The Hall–Kier alpha value is -3.45. The van der Waals surface area contributed by atoms with E-state index in [-0.39, 0.29) is 39.5 Å². The van der Waals surface area contributed by atoms with E-state index in [0.717, 1.165) is 43.2 Å². The van der Waals surface area contributed by atoms with Gasteiger partial charge in [0.1, 0.15) is 0 Å². The molecule has 3 N–H and O–H groups in total. The highest BCUT2D eigenvalue weighted by atomic mass is 16.4. The molecule has 5 aliphatic carbocycles. The zero-order valence-electron chi connectivity index (χ0n) is 34.5. The number of hydrogen-bond donors (Lipinski definition) is 3. The minimum absolute atomic E-state index is 0.0358. The van der Waals surface area contributed by atoms with Crippen LogP contribution in [0.1, 0.15) is 128 Å². The third-order valence-corrected chi connectivity index (χ3v) is 17.1. The Morgan fingerprint density at radius 2 is 1.53 bits per heavy atom. The standard InChI is InChI=1S/C48H66N2O5/c1-31(2)35-19-24-48(43(55)49-27-28-50(30-40(51)52)29-32-11-9-8-10-12-32)26-25-46(6)37(41(35)48)17-18-39-45(5)22-20-36(33-13-15-34(16-14-33)42(53)54)44(3,4)38(45)21-23-47(39,46)7/h8-16,20,31,35,37-39,41H,17-19,21-30H2,1-7H3,(H,49,55)(H,51,52)(H,53,54)/t35-,37+,38-,39+,41+,45-,46+,47+,48-/m0/s1. The van der Waals surface area contributed by atoms with Gasteiger partial charge in [0.15, 0.2) is 0 Å². The minimum atomic E-state index is -0.886.